The number of rotatable bonds is 7. The topological polar surface area (TPSA) is 76.1 Å². The number of carbonyl (C=O) groups is 2. The lowest BCUT2D eigenvalue weighted by atomic mass is 10.3. The Morgan fingerprint density at radius 2 is 1.65 bits per heavy atom. The lowest BCUT2D eigenvalue weighted by Gasteiger charge is -2.23. The number of esters is 2. The van der Waals surface area contributed by atoms with Crippen molar-refractivity contribution in [2.75, 3.05) is 18.4 Å². The molecule has 0 bridgehead atoms. The Kier molecular flexibility index (Phi) is 6.36. The quantitative estimate of drug-likeness (QED) is 0.608. The van der Waals surface area contributed by atoms with Crippen LogP contribution in [0.5, 0.6) is 5.75 Å². The van der Waals surface area contributed by atoms with Gasteiger partial charge in [0.05, 0.1) is 0 Å². The fourth-order valence-corrected chi connectivity index (χ4v) is 1.38. The van der Waals surface area contributed by atoms with Crippen molar-refractivity contribution in [3.05, 3.63) is 24.3 Å². The summed E-state index contributed by atoms with van der Waals surface area (Å²) in [6.45, 7) is 3.29. The number of hydrogen-bond donors (Lipinski definition) is 1. The summed E-state index contributed by atoms with van der Waals surface area (Å²) in [4.78, 5) is 23.9. The number of anilines is 1. The van der Waals surface area contributed by atoms with Gasteiger partial charge < -0.3 is 19.5 Å². The molecule has 6 heteroatoms. The molecule has 0 aliphatic heterocycles. The molecule has 0 atom stereocenters. The molecule has 0 saturated carbocycles. The number of hydrogen-bond acceptors (Lipinski definition) is 6. The molecule has 110 valence electrons. The second kappa shape index (κ2) is 8.04. The Morgan fingerprint density at radius 1 is 1.10 bits per heavy atom. The Balaban J connectivity index is 2.72. The number of aromatic hydroxyl groups is 1. The zero-order valence-corrected chi connectivity index (χ0v) is 11.7. The molecule has 0 unspecified atom stereocenters. The van der Waals surface area contributed by atoms with E-state index >= 15 is 0 Å². The predicted molar refractivity (Wildman–Crippen MR) is 73.1 cm³/mol. The second-order valence-corrected chi connectivity index (χ2v) is 4.06. The van der Waals surface area contributed by atoms with Gasteiger partial charge in [0, 0.05) is 24.6 Å². The molecule has 0 saturated heterocycles. The third kappa shape index (κ3) is 5.17. The SMILES string of the molecule is CCC(=O)OCN(COC(=O)CC)c1cccc(O)c1. The lowest BCUT2D eigenvalue weighted by Crippen LogP contribution is -2.31. The molecule has 1 rings (SSSR count). The van der Waals surface area contributed by atoms with E-state index < -0.39 is 0 Å². The molecule has 1 N–H and O–H groups in total. The van der Waals surface area contributed by atoms with Gasteiger partial charge in [-0.05, 0) is 12.1 Å². The van der Waals surface area contributed by atoms with E-state index in [2.05, 4.69) is 0 Å². The summed E-state index contributed by atoms with van der Waals surface area (Å²) in [6, 6.07) is 6.40. The fraction of sp³-hybridized carbons (Fsp3) is 0.429. The van der Waals surface area contributed by atoms with Crippen LogP contribution >= 0.6 is 0 Å². The van der Waals surface area contributed by atoms with Crippen molar-refractivity contribution in [1.82, 2.24) is 0 Å². The Morgan fingerprint density at radius 3 is 2.10 bits per heavy atom. The highest BCUT2D eigenvalue weighted by Crippen LogP contribution is 2.20. The molecule has 0 aliphatic rings. The van der Waals surface area contributed by atoms with Crippen LogP contribution in [0.15, 0.2) is 24.3 Å². The van der Waals surface area contributed by atoms with Gasteiger partial charge in [-0.3, -0.25) is 9.59 Å². The predicted octanol–water partition coefficient (Wildman–Crippen LogP) is 2.02. The maximum absolute atomic E-state index is 11.2. The van der Waals surface area contributed by atoms with Crippen molar-refractivity contribution in [2.24, 2.45) is 0 Å². The number of carbonyl (C=O) groups excluding carboxylic acids is 2. The average molecular weight is 281 g/mol. The minimum atomic E-state index is -0.350. The molecule has 0 fully saturated rings. The van der Waals surface area contributed by atoms with Gasteiger partial charge in [0.1, 0.15) is 5.75 Å². The molecule has 1 aromatic carbocycles. The van der Waals surface area contributed by atoms with Crippen molar-refractivity contribution in [3.63, 3.8) is 0 Å². The first kappa shape index (κ1) is 15.8. The van der Waals surface area contributed by atoms with Gasteiger partial charge in [0.25, 0.3) is 0 Å². The number of phenols is 1. The van der Waals surface area contributed by atoms with E-state index in [1.165, 1.54) is 12.1 Å². The van der Waals surface area contributed by atoms with Gasteiger partial charge >= 0.3 is 11.9 Å². The average Bonchev–Trinajstić information content (AvgIpc) is 2.46. The van der Waals surface area contributed by atoms with Gasteiger partial charge in [0.2, 0.25) is 0 Å². The first-order chi connectivity index (χ1) is 9.56. The highest BCUT2D eigenvalue weighted by molar-refractivity contribution is 5.70. The van der Waals surface area contributed by atoms with E-state index in [0.717, 1.165) is 0 Å². The van der Waals surface area contributed by atoms with Crippen LogP contribution in [0.3, 0.4) is 0 Å². The summed E-state index contributed by atoms with van der Waals surface area (Å²) >= 11 is 0. The minimum Gasteiger partial charge on any atom is -0.508 e. The molecule has 20 heavy (non-hydrogen) atoms. The number of ether oxygens (including phenoxy) is 2. The van der Waals surface area contributed by atoms with Crippen LogP contribution in [0.25, 0.3) is 0 Å². The summed E-state index contributed by atoms with van der Waals surface area (Å²) in [5.74, 6) is -0.620. The Bertz CT molecular complexity index is 441. The molecule has 0 spiro atoms. The first-order valence-electron chi connectivity index (χ1n) is 6.42. The van der Waals surface area contributed by atoms with E-state index in [9.17, 15) is 14.7 Å². The molecular weight excluding hydrogens is 262 g/mol. The second-order valence-electron chi connectivity index (χ2n) is 4.06. The lowest BCUT2D eigenvalue weighted by molar-refractivity contribution is -0.145. The summed E-state index contributed by atoms with van der Waals surface area (Å²) in [5, 5.41) is 9.47. The molecule has 0 amide bonds. The molecule has 0 heterocycles. The van der Waals surface area contributed by atoms with E-state index in [0.29, 0.717) is 5.69 Å². The van der Waals surface area contributed by atoms with Crippen LogP contribution in [0.2, 0.25) is 0 Å². The zero-order valence-electron chi connectivity index (χ0n) is 11.7. The fourth-order valence-electron chi connectivity index (χ4n) is 1.38. The van der Waals surface area contributed by atoms with Crippen molar-refractivity contribution in [1.29, 1.82) is 0 Å². The van der Waals surface area contributed by atoms with E-state index in [1.807, 2.05) is 0 Å². The normalized spacial score (nSPS) is 9.90. The largest absolute Gasteiger partial charge is 0.508 e. The molecule has 0 radical (unpaired) electrons. The van der Waals surface area contributed by atoms with E-state index in [-0.39, 0.29) is 44.0 Å². The molecule has 6 nitrogen and oxygen atoms in total. The minimum absolute atomic E-state index is 0.0485. The first-order valence-corrected chi connectivity index (χ1v) is 6.42. The monoisotopic (exact) mass is 281 g/mol. The molecule has 1 aromatic rings. The number of phenolic OH excluding ortho intramolecular Hbond substituents is 1. The summed E-state index contributed by atoms with van der Waals surface area (Å²) in [6.07, 6.45) is 0.533. The van der Waals surface area contributed by atoms with Crippen molar-refractivity contribution in [3.8, 4) is 5.75 Å². The number of benzene rings is 1. The van der Waals surface area contributed by atoms with Crippen LogP contribution in [-0.2, 0) is 19.1 Å². The van der Waals surface area contributed by atoms with Crippen molar-refractivity contribution in [2.45, 2.75) is 26.7 Å². The number of nitrogens with zero attached hydrogens (tertiary/aromatic N) is 1. The maximum atomic E-state index is 11.2. The van der Waals surface area contributed by atoms with Gasteiger partial charge in [-0.2, -0.15) is 0 Å². The summed E-state index contributed by atoms with van der Waals surface area (Å²) in [7, 11) is 0. The highest BCUT2D eigenvalue weighted by Gasteiger charge is 2.11. The van der Waals surface area contributed by atoms with E-state index in [4.69, 9.17) is 9.47 Å². The van der Waals surface area contributed by atoms with E-state index in [1.54, 1.807) is 30.9 Å². The van der Waals surface area contributed by atoms with Crippen LogP contribution in [-0.4, -0.2) is 30.5 Å². The summed E-state index contributed by atoms with van der Waals surface area (Å²) < 4.78 is 10.1. The maximum Gasteiger partial charge on any atom is 0.307 e. The van der Waals surface area contributed by atoms with Crippen LogP contribution in [0.4, 0.5) is 5.69 Å². The Labute approximate surface area is 117 Å². The van der Waals surface area contributed by atoms with Gasteiger partial charge in [-0.1, -0.05) is 19.9 Å². The standard InChI is InChI=1S/C14H19NO5/c1-3-13(17)19-9-15(10-20-14(18)4-2)11-6-5-7-12(16)8-11/h5-8,16H,3-4,9-10H2,1-2H3. The van der Waals surface area contributed by atoms with Crippen LogP contribution in [0.1, 0.15) is 26.7 Å². The van der Waals surface area contributed by atoms with Crippen molar-refractivity contribution >= 4 is 17.6 Å². The third-order valence-electron chi connectivity index (χ3n) is 2.53. The molecular formula is C14H19NO5. The molecule has 0 aromatic heterocycles. The van der Waals surface area contributed by atoms with Crippen molar-refractivity contribution < 1.29 is 24.2 Å². The van der Waals surface area contributed by atoms with Gasteiger partial charge in [0.15, 0.2) is 13.5 Å². The Hall–Kier alpha value is -2.24. The zero-order chi connectivity index (χ0) is 15.0. The van der Waals surface area contributed by atoms with Crippen LogP contribution in [0, 0.1) is 0 Å². The van der Waals surface area contributed by atoms with Gasteiger partial charge in [-0.15, -0.1) is 0 Å². The molecule has 0 aliphatic carbocycles. The van der Waals surface area contributed by atoms with Crippen LogP contribution < -0.4 is 4.90 Å². The smallest absolute Gasteiger partial charge is 0.307 e. The highest BCUT2D eigenvalue weighted by atomic mass is 16.6. The summed E-state index contributed by atoms with van der Waals surface area (Å²) in [5.41, 5.74) is 0.595. The van der Waals surface area contributed by atoms with Gasteiger partial charge in [-0.25, -0.2) is 0 Å². The third-order valence-corrected chi connectivity index (χ3v) is 2.53.